The highest BCUT2D eigenvalue weighted by atomic mass is 32.1. The van der Waals surface area contributed by atoms with Crippen LogP contribution in [0.1, 0.15) is 5.56 Å². The van der Waals surface area contributed by atoms with Crippen LogP contribution >= 0.6 is 11.3 Å². The molecule has 0 bridgehead atoms. The van der Waals surface area contributed by atoms with E-state index < -0.39 is 0 Å². The Morgan fingerprint density at radius 2 is 1.91 bits per heavy atom. The minimum atomic E-state index is 0.917. The van der Waals surface area contributed by atoms with E-state index in [2.05, 4.69) is 51.9 Å². The molecule has 108 valence electrons. The van der Waals surface area contributed by atoms with Gasteiger partial charge in [0, 0.05) is 29.6 Å². The predicted octanol–water partition coefficient (Wildman–Crippen LogP) is 4.86. The van der Waals surface area contributed by atoms with Crippen molar-refractivity contribution in [3.05, 3.63) is 53.5 Å². The Morgan fingerprint density at radius 3 is 2.73 bits per heavy atom. The van der Waals surface area contributed by atoms with Crippen LogP contribution in [0.4, 0.5) is 5.82 Å². The van der Waals surface area contributed by atoms with E-state index in [1.165, 1.54) is 22.1 Å². The molecule has 0 aliphatic rings. The van der Waals surface area contributed by atoms with Crippen molar-refractivity contribution < 1.29 is 0 Å². The van der Waals surface area contributed by atoms with Gasteiger partial charge in [0.1, 0.15) is 5.82 Å². The number of pyridine rings is 2. The van der Waals surface area contributed by atoms with Gasteiger partial charge in [0.2, 0.25) is 0 Å². The number of rotatable bonds is 2. The van der Waals surface area contributed by atoms with Crippen molar-refractivity contribution in [3.63, 3.8) is 0 Å². The zero-order chi connectivity index (χ0) is 15.1. The topological polar surface area (TPSA) is 37.8 Å². The van der Waals surface area contributed by atoms with Gasteiger partial charge in [-0.05, 0) is 30.2 Å². The lowest BCUT2D eigenvalue weighted by Crippen LogP contribution is -1.94. The van der Waals surface area contributed by atoms with E-state index in [0.717, 1.165) is 21.6 Å². The van der Waals surface area contributed by atoms with E-state index >= 15 is 0 Å². The van der Waals surface area contributed by atoms with Crippen molar-refractivity contribution in [1.29, 1.82) is 0 Å². The number of anilines is 1. The first-order chi connectivity index (χ1) is 10.8. The second kappa shape index (κ2) is 5.07. The molecule has 4 rings (SSSR count). The Hall–Kier alpha value is -2.46. The fourth-order valence-electron chi connectivity index (χ4n) is 2.86. The number of aryl methyl sites for hydroxylation is 1. The van der Waals surface area contributed by atoms with Crippen molar-refractivity contribution in [1.82, 2.24) is 9.97 Å². The summed E-state index contributed by atoms with van der Waals surface area (Å²) in [6.07, 6.45) is 1.84. The third kappa shape index (κ3) is 1.88. The average molecular weight is 305 g/mol. The molecule has 3 heterocycles. The Kier molecular flexibility index (Phi) is 3.05. The molecule has 22 heavy (non-hydrogen) atoms. The molecule has 0 aliphatic carbocycles. The Balaban J connectivity index is 2.18. The van der Waals surface area contributed by atoms with Gasteiger partial charge in [-0.3, -0.25) is 4.98 Å². The van der Waals surface area contributed by atoms with E-state index in [-0.39, 0.29) is 0 Å². The van der Waals surface area contributed by atoms with Crippen LogP contribution in [0.15, 0.2) is 48.0 Å². The number of hydrogen-bond donors (Lipinski definition) is 1. The van der Waals surface area contributed by atoms with Crippen LogP contribution in [0.25, 0.3) is 32.2 Å². The summed E-state index contributed by atoms with van der Waals surface area (Å²) in [6.45, 7) is 2.15. The highest BCUT2D eigenvalue weighted by Gasteiger charge is 2.16. The van der Waals surface area contributed by atoms with Crippen molar-refractivity contribution in [2.24, 2.45) is 0 Å². The average Bonchev–Trinajstić information content (AvgIpc) is 2.99. The summed E-state index contributed by atoms with van der Waals surface area (Å²) in [4.78, 5) is 9.28. The summed E-state index contributed by atoms with van der Waals surface area (Å²) in [5.74, 6) is 0.917. The summed E-state index contributed by atoms with van der Waals surface area (Å²) < 4.78 is 1.16. The summed E-state index contributed by atoms with van der Waals surface area (Å²) in [5, 5.41) is 6.61. The number of nitrogens with zero attached hydrogens (tertiary/aromatic N) is 2. The molecule has 4 aromatic rings. The summed E-state index contributed by atoms with van der Waals surface area (Å²) >= 11 is 1.72. The number of nitrogens with one attached hydrogen (secondary N) is 1. The molecular weight excluding hydrogens is 290 g/mol. The van der Waals surface area contributed by atoms with Crippen molar-refractivity contribution in [2.45, 2.75) is 6.92 Å². The lowest BCUT2D eigenvalue weighted by atomic mass is 9.99. The van der Waals surface area contributed by atoms with Crippen molar-refractivity contribution in [2.75, 3.05) is 12.4 Å². The van der Waals surface area contributed by atoms with Crippen LogP contribution in [0, 0.1) is 6.92 Å². The molecule has 0 fully saturated rings. The highest BCUT2D eigenvalue weighted by molar-refractivity contribution is 7.18. The quantitative estimate of drug-likeness (QED) is 0.574. The van der Waals surface area contributed by atoms with E-state index in [0.29, 0.717) is 0 Å². The first kappa shape index (κ1) is 13.2. The maximum absolute atomic E-state index is 4.69. The van der Waals surface area contributed by atoms with Crippen molar-refractivity contribution >= 4 is 38.3 Å². The Bertz CT molecular complexity index is 988. The molecule has 3 aromatic heterocycles. The van der Waals surface area contributed by atoms with Crippen LogP contribution in [-0.4, -0.2) is 17.0 Å². The molecule has 1 aromatic carbocycles. The van der Waals surface area contributed by atoms with E-state index in [1.807, 2.05) is 25.4 Å². The second-order valence-electron chi connectivity index (χ2n) is 5.25. The molecule has 0 amide bonds. The van der Waals surface area contributed by atoms with Gasteiger partial charge in [0.15, 0.2) is 0 Å². The first-order valence-corrected chi connectivity index (χ1v) is 8.07. The maximum Gasteiger partial charge on any atom is 0.144 e. The molecule has 0 unspecified atom stereocenters. The maximum atomic E-state index is 4.69. The molecule has 0 spiro atoms. The van der Waals surface area contributed by atoms with Gasteiger partial charge in [-0.15, -0.1) is 11.3 Å². The molecule has 3 nitrogen and oxygen atoms in total. The molecule has 1 N–H and O–H groups in total. The second-order valence-corrected chi connectivity index (χ2v) is 6.13. The molecule has 0 saturated carbocycles. The Labute approximate surface area is 132 Å². The van der Waals surface area contributed by atoms with E-state index in [9.17, 15) is 0 Å². The fraction of sp³-hybridized carbons (Fsp3) is 0.111. The van der Waals surface area contributed by atoms with Gasteiger partial charge in [-0.2, -0.15) is 0 Å². The smallest absolute Gasteiger partial charge is 0.144 e. The summed E-state index contributed by atoms with van der Waals surface area (Å²) in [5.41, 5.74) is 5.66. The molecular formula is C18H15N3S. The Morgan fingerprint density at radius 1 is 1.05 bits per heavy atom. The van der Waals surface area contributed by atoms with Crippen LogP contribution in [0.2, 0.25) is 0 Å². The van der Waals surface area contributed by atoms with Gasteiger partial charge in [0.25, 0.3) is 0 Å². The zero-order valence-corrected chi connectivity index (χ0v) is 13.2. The van der Waals surface area contributed by atoms with Gasteiger partial charge >= 0.3 is 0 Å². The molecule has 0 aliphatic heterocycles. The van der Waals surface area contributed by atoms with Crippen LogP contribution in [0.5, 0.6) is 0 Å². The largest absolute Gasteiger partial charge is 0.372 e. The van der Waals surface area contributed by atoms with Gasteiger partial charge in [-0.25, -0.2) is 4.98 Å². The highest BCUT2D eigenvalue weighted by Crippen LogP contribution is 2.41. The summed E-state index contributed by atoms with van der Waals surface area (Å²) in [7, 11) is 1.91. The minimum Gasteiger partial charge on any atom is -0.372 e. The SMILES string of the molecule is CNc1nc2cccnc2c2c(-c3ccccc3C)csc12. The first-order valence-electron chi connectivity index (χ1n) is 7.19. The van der Waals surface area contributed by atoms with E-state index in [1.54, 1.807) is 11.3 Å². The number of benzene rings is 1. The van der Waals surface area contributed by atoms with Crippen LogP contribution in [-0.2, 0) is 0 Å². The zero-order valence-electron chi connectivity index (χ0n) is 12.4. The number of fused-ring (bicyclic) bond motifs is 3. The summed E-state index contributed by atoms with van der Waals surface area (Å²) in [6, 6.07) is 12.4. The van der Waals surface area contributed by atoms with Crippen molar-refractivity contribution in [3.8, 4) is 11.1 Å². The molecule has 0 saturated heterocycles. The third-order valence-corrected chi connectivity index (χ3v) is 4.92. The van der Waals surface area contributed by atoms with Crippen LogP contribution in [0.3, 0.4) is 0 Å². The molecule has 0 radical (unpaired) electrons. The fourth-order valence-corrected chi connectivity index (χ4v) is 3.93. The number of thiophene rings is 1. The minimum absolute atomic E-state index is 0.917. The predicted molar refractivity (Wildman–Crippen MR) is 94.6 cm³/mol. The lowest BCUT2D eigenvalue weighted by Gasteiger charge is -2.08. The molecule has 0 atom stereocenters. The number of aromatic nitrogens is 2. The third-order valence-electron chi connectivity index (χ3n) is 3.93. The lowest BCUT2D eigenvalue weighted by molar-refractivity contribution is 1.34. The number of hydrogen-bond acceptors (Lipinski definition) is 4. The molecule has 4 heteroatoms. The van der Waals surface area contributed by atoms with Crippen LogP contribution < -0.4 is 5.32 Å². The van der Waals surface area contributed by atoms with Gasteiger partial charge in [0.05, 0.1) is 15.7 Å². The monoisotopic (exact) mass is 305 g/mol. The standard InChI is InChI=1S/C18H15N3S/c1-11-6-3-4-7-12(11)13-10-22-17-15(13)16-14(8-5-9-20-16)21-18(17)19-2/h3-10H,1-2H3,(H,19,21). The normalized spacial score (nSPS) is 11.2. The van der Waals surface area contributed by atoms with Gasteiger partial charge in [-0.1, -0.05) is 24.3 Å². The van der Waals surface area contributed by atoms with Gasteiger partial charge < -0.3 is 5.32 Å². The van der Waals surface area contributed by atoms with E-state index in [4.69, 9.17) is 0 Å².